The summed E-state index contributed by atoms with van der Waals surface area (Å²) in [6, 6.07) is 0. The zero-order valence-electron chi connectivity index (χ0n) is 6.90. The number of carbonyl (C=O) groups is 1. The van der Waals surface area contributed by atoms with E-state index in [9.17, 15) is 4.79 Å². The number of aromatic nitrogens is 1. The van der Waals surface area contributed by atoms with Crippen LogP contribution < -0.4 is 5.73 Å². The first kappa shape index (κ1) is 8.99. The minimum absolute atomic E-state index is 0.346. The lowest BCUT2D eigenvalue weighted by molar-refractivity contribution is 0.116. The molecule has 0 aliphatic heterocycles. The van der Waals surface area contributed by atoms with E-state index >= 15 is 0 Å². The Morgan fingerprint density at radius 1 is 1.83 bits per heavy atom. The van der Waals surface area contributed by atoms with Gasteiger partial charge in [-0.05, 0) is 13.8 Å². The summed E-state index contributed by atoms with van der Waals surface area (Å²) in [5, 5.41) is 2.67. The molecule has 0 fully saturated rings. The number of ether oxygens (including phenoxy) is 1. The molecule has 0 aromatic carbocycles. The first-order valence-electron chi connectivity index (χ1n) is 3.47. The van der Waals surface area contributed by atoms with Crippen molar-refractivity contribution >= 4 is 17.4 Å². The lowest BCUT2D eigenvalue weighted by Gasteiger charge is -2.06. The largest absolute Gasteiger partial charge is 0.439 e. The van der Waals surface area contributed by atoms with Gasteiger partial charge in [-0.15, -0.1) is 11.3 Å². The molecule has 1 amide bonds. The van der Waals surface area contributed by atoms with Crippen LogP contribution in [0.25, 0.3) is 0 Å². The van der Waals surface area contributed by atoms with Crippen molar-refractivity contribution in [3.05, 3.63) is 16.1 Å². The Morgan fingerprint density at radius 2 is 2.50 bits per heavy atom. The summed E-state index contributed by atoms with van der Waals surface area (Å²) in [7, 11) is 0. The molecule has 0 spiro atoms. The summed E-state index contributed by atoms with van der Waals surface area (Å²) >= 11 is 1.46. The molecular formula is C7H10N2O2S. The quantitative estimate of drug-likeness (QED) is 0.763. The number of hydrogen-bond acceptors (Lipinski definition) is 4. The predicted octanol–water partition coefficient (Wildman–Crippen LogP) is 1.61. The minimum atomic E-state index is -0.768. The number of thiazole rings is 1. The van der Waals surface area contributed by atoms with E-state index in [0.717, 1.165) is 10.7 Å². The maximum atomic E-state index is 10.4. The van der Waals surface area contributed by atoms with Crippen molar-refractivity contribution in [3.8, 4) is 0 Å². The molecule has 0 saturated carbocycles. The van der Waals surface area contributed by atoms with Crippen molar-refractivity contribution < 1.29 is 9.53 Å². The Hall–Kier alpha value is -1.10. The molecule has 1 heterocycles. The van der Waals surface area contributed by atoms with Crippen LogP contribution >= 0.6 is 11.3 Å². The molecule has 12 heavy (non-hydrogen) atoms. The smallest absolute Gasteiger partial charge is 0.405 e. The maximum Gasteiger partial charge on any atom is 0.405 e. The van der Waals surface area contributed by atoms with Crippen LogP contribution in [0.5, 0.6) is 0 Å². The average Bonchev–Trinajstić information content (AvgIpc) is 2.34. The van der Waals surface area contributed by atoms with E-state index in [1.165, 1.54) is 11.3 Å². The van der Waals surface area contributed by atoms with Gasteiger partial charge < -0.3 is 10.5 Å². The summed E-state index contributed by atoms with van der Waals surface area (Å²) < 4.78 is 4.74. The highest BCUT2D eigenvalue weighted by Crippen LogP contribution is 2.20. The van der Waals surface area contributed by atoms with Crippen LogP contribution in [0, 0.1) is 6.92 Å². The topological polar surface area (TPSA) is 65.2 Å². The Labute approximate surface area is 74.4 Å². The van der Waals surface area contributed by atoms with Gasteiger partial charge in [0.2, 0.25) is 0 Å². The molecule has 1 atom stereocenters. The van der Waals surface area contributed by atoms with E-state index in [1.807, 2.05) is 12.3 Å². The average molecular weight is 186 g/mol. The Morgan fingerprint density at radius 3 is 2.92 bits per heavy atom. The van der Waals surface area contributed by atoms with Crippen molar-refractivity contribution in [3.63, 3.8) is 0 Å². The van der Waals surface area contributed by atoms with Crippen LogP contribution in [-0.2, 0) is 4.74 Å². The number of amides is 1. The number of carbonyl (C=O) groups excluding carboxylic acids is 1. The van der Waals surface area contributed by atoms with E-state index in [1.54, 1.807) is 6.92 Å². The van der Waals surface area contributed by atoms with Gasteiger partial charge >= 0.3 is 6.09 Å². The van der Waals surface area contributed by atoms with Crippen LogP contribution in [0.1, 0.15) is 23.7 Å². The van der Waals surface area contributed by atoms with Crippen LogP contribution in [-0.4, -0.2) is 11.1 Å². The third-order valence-electron chi connectivity index (χ3n) is 1.28. The molecular weight excluding hydrogens is 176 g/mol. The molecule has 2 N–H and O–H groups in total. The highest BCUT2D eigenvalue weighted by molar-refractivity contribution is 7.09. The highest BCUT2D eigenvalue weighted by atomic mass is 32.1. The molecule has 1 rings (SSSR count). The lowest BCUT2D eigenvalue weighted by Crippen LogP contribution is -2.15. The van der Waals surface area contributed by atoms with Crippen molar-refractivity contribution in [2.24, 2.45) is 5.73 Å². The fourth-order valence-corrected chi connectivity index (χ4v) is 1.56. The number of primary amides is 1. The zero-order valence-corrected chi connectivity index (χ0v) is 7.72. The Kier molecular flexibility index (Phi) is 2.65. The lowest BCUT2D eigenvalue weighted by atomic mass is 10.4. The fourth-order valence-electron chi connectivity index (χ4n) is 0.784. The summed E-state index contributed by atoms with van der Waals surface area (Å²) in [4.78, 5) is 14.5. The number of hydrogen-bond donors (Lipinski definition) is 1. The van der Waals surface area contributed by atoms with Gasteiger partial charge in [0, 0.05) is 11.1 Å². The standard InChI is InChI=1S/C7H10N2O2S/c1-4-3-12-6(9-4)5(2)11-7(8)10/h3,5H,1-2H3,(H2,8,10). The molecule has 4 nitrogen and oxygen atoms in total. The van der Waals surface area contributed by atoms with Crippen molar-refractivity contribution in [1.82, 2.24) is 4.98 Å². The van der Waals surface area contributed by atoms with Crippen LogP contribution in [0.3, 0.4) is 0 Å². The molecule has 1 aromatic heterocycles. The third kappa shape index (κ3) is 2.20. The Bertz CT molecular complexity index is 285. The fraction of sp³-hybridized carbons (Fsp3) is 0.429. The van der Waals surface area contributed by atoms with Crippen LogP contribution in [0.2, 0.25) is 0 Å². The van der Waals surface area contributed by atoms with Gasteiger partial charge in [0.05, 0.1) is 0 Å². The van der Waals surface area contributed by atoms with Gasteiger partial charge in [-0.1, -0.05) is 0 Å². The number of nitrogens with zero attached hydrogens (tertiary/aromatic N) is 1. The summed E-state index contributed by atoms with van der Waals surface area (Å²) in [5.74, 6) is 0. The second kappa shape index (κ2) is 3.53. The first-order chi connectivity index (χ1) is 5.59. The number of aryl methyl sites for hydroxylation is 1. The zero-order chi connectivity index (χ0) is 9.14. The van der Waals surface area contributed by atoms with Crippen LogP contribution in [0.4, 0.5) is 4.79 Å². The van der Waals surface area contributed by atoms with Gasteiger partial charge in [0.15, 0.2) is 6.10 Å². The SMILES string of the molecule is Cc1csc(C(C)OC(N)=O)n1. The van der Waals surface area contributed by atoms with Gasteiger partial charge in [-0.25, -0.2) is 9.78 Å². The van der Waals surface area contributed by atoms with Gasteiger partial charge in [0.25, 0.3) is 0 Å². The summed E-state index contributed by atoms with van der Waals surface area (Å²) in [6.07, 6.45) is -1.11. The first-order valence-corrected chi connectivity index (χ1v) is 4.35. The predicted molar refractivity (Wildman–Crippen MR) is 45.9 cm³/mol. The van der Waals surface area contributed by atoms with Crippen molar-refractivity contribution in [2.75, 3.05) is 0 Å². The molecule has 0 radical (unpaired) electrons. The molecule has 1 unspecified atom stereocenters. The maximum absolute atomic E-state index is 10.4. The molecule has 0 aliphatic rings. The molecule has 66 valence electrons. The van der Waals surface area contributed by atoms with E-state index < -0.39 is 6.09 Å². The van der Waals surface area contributed by atoms with Crippen LogP contribution in [0.15, 0.2) is 5.38 Å². The Balaban J connectivity index is 2.64. The molecule has 0 aliphatic carbocycles. The van der Waals surface area contributed by atoms with Gasteiger partial charge in [-0.3, -0.25) is 0 Å². The second-order valence-electron chi connectivity index (χ2n) is 2.41. The second-order valence-corrected chi connectivity index (χ2v) is 3.30. The van der Waals surface area contributed by atoms with Crippen molar-refractivity contribution in [2.45, 2.75) is 20.0 Å². The van der Waals surface area contributed by atoms with E-state index in [4.69, 9.17) is 10.5 Å². The third-order valence-corrected chi connectivity index (χ3v) is 2.40. The van der Waals surface area contributed by atoms with E-state index in [-0.39, 0.29) is 6.10 Å². The van der Waals surface area contributed by atoms with Gasteiger partial charge in [-0.2, -0.15) is 0 Å². The minimum Gasteiger partial charge on any atom is -0.439 e. The van der Waals surface area contributed by atoms with E-state index in [0.29, 0.717) is 0 Å². The molecule has 5 heteroatoms. The number of rotatable bonds is 2. The highest BCUT2D eigenvalue weighted by Gasteiger charge is 2.11. The molecule has 0 bridgehead atoms. The summed E-state index contributed by atoms with van der Waals surface area (Å²) in [5.41, 5.74) is 5.78. The monoisotopic (exact) mass is 186 g/mol. The number of nitrogens with two attached hydrogens (primary N) is 1. The van der Waals surface area contributed by atoms with E-state index in [2.05, 4.69) is 4.98 Å². The normalized spacial score (nSPS) is 12.5. The summed E-state index contributed by atoms with van der Waals surface area (Å²) in [6.45, 7) is 3.63. The van der Waals surface area contributed by atoms with Gasteiger partial charge in [0.1, 0.15) is 5.01 Å². The van der Waals surface area contributed by atoms with Crippen molar-refractivity contribution in [1.29, 1.82) is 0 Å². The molecule has 1 aromatic rings. The molecule has 0 saturated heterocycles.